The highest BCUT2D eigenvalue weighted by Gasteiger charge is 2.52. The van der Waals surface area contributed by atoms with Gasteiger partial charge in [-0.15, -0.1) is 0 Å². The fraction of sp³-hybridized carbons (Fsp3) is 0.526. The SMILES string of the molecule is NC(N)=NC[C@H](O)C[C@@](O)(C(=O)O)[C@@H]1O[C@H](n2cc(CO)c(N)nc2=O)C=C[C@H]1NC(=O)[C@@H](N)CO. The van der Waals surface area contributed by atoms with Crippen molar-refractivity contribution in [2.45, 2.75) is 49.1 Å². The fourth-order valence-corrected chi connectivity index (χ4v) is 3.43. The van der Waals surface area contributed by atoms with Crippen LogP contribution in [-0.2, 0) is 20.9 Å². The standard InChI is InChI=1S/C19H30N8O9/c20-10(7-29)15(31)25-11-1-2-12(27-5-8(6-28)14(21)26-18(27)34)36-13(11)19(35,16(32)33)3-9(30)4-24-17(22)23/h1-2,5,9-13,28-30,35H,3-4,6-7,20H2,(H,25,31)(H,32,33)(H2,21,26,34)(H4,22,23,24)/t9-,10+,11-,12+,13-,19+/m1/s1. The average molecular weight is 514 g/mol. The number of ether oxygens (including phenoxy) is 1. The summed E-state index contributed by atoms with van der Waals surface area (Å²) < 4.78 is 6.62. The van der Waals surface area contributed by atoms with Gasteiger partial charge in [0.15, 0.2) is 17.8 Å². The number of aliphatic carboxylic acids is 1. The van der Waals surface area contributed by atoms with E-state index in [2.05, 4.69) is 15.3 Å². The van der Waals surface area contributed by atoms with E-state index in [1.165, 1.54) is 12.2 Å². The highest BCUT2D eigenvalue weighted by Crippen LogP contribution is 2.31. The van der Waals surface area contributed by atoms with Crippen LogP contribution < -0.4 is 33.9 Å². The van der Waals surface area contributed by atoms with Gasteiger partial charge in [-0.3, -0.25) is 14.4 Å². The number of aliphatic imine (C=N–C) groups is 1. The van der Waals surface area contributed by atoms with E-state index < -0.39 is 79.9 Å². The Morgan fingerprint density at radius 2 is 1.97 bits per heavy atom. The zero-order valence-electron chi connectivity index (χ0n) is 19.0. The van der Waals surface area contributed by atoms with E-state index in [1.807, 2.05) is 0 Å². The lowest BCUT2D eigenvalue weighted by Crippen LogP contribution is -2.63. The Hall–Kier alpha value is -3.61. The molecule has 0 saturated heterocycles. The zero-order chi connectivity index (χ0) is 27.2. The normalized spacial score (nSPS) is 22.8. The molecule has 0 aliphatic carbocycles. The molecule has 2 rings (SSSR count). The van der Waals surface area contributed by atoms with Gasteiger partial charge < -0.3 is 58.5 Å². The van der Waals surface area contributed by atoms with Crippen LogP contribution in [-0.4, -0.2) is 96.0 Å². The van der Waals surface area contributed by atoms with Crippen molar-refractivity contribution in [3.63, 3.8) is 0 Å². The van der Waals surface area contributed by atoms with E-state index in [0.29, 0.717) is 0 Å². The van der Waals surface area contributed by atoms with Crippen LogP contribution >= 0.6 is 0 Å². The minimum atomic E-state index is -2.87. The molecular weight excluding hydrogens is 484 g/mol. The zero-order valence-corrected chi connectivity index (χ0v) is 19.0. The number of aromatic nitrogens is 2. The summed E-state index contributed by atoms with van der Waals surface area (Å²) in [6.07, 6.45) is -2.01. The van der Waals surface area contributed by atoms with Crippen molar-refractivity contribution in [1.29, 1.82) is 0 Å². The van der Waals surface area contributed by atoms with E-state index in [0.717, 1.165) is 10.8 Å². The Morgan fingerprint density at radius 1 is 1.31 bits per heavy atom. The lowest BCUT2D eigenvalue weighted by molar-refractivity contribution is -0.197. The van der Waals surface area contributed by atoms with E-state index in [-0.39, 0.29) is 17.3 Å². The third-order valence-electron chi connectivity index (χ3n) is 5.32. The number of amides is 1. The molecule has 1 aliphatic rings. The average Bonchev–Trinajstić information content (AvgIpc) is 2.82. The van der Waals surface area contributed by atoms with Crippen molar-refractivity contribution in [2.75, 3.05) is 18.9 Å². The van der Waals surface area contributed by atoms with Gasteiger partial charge in [-0.1, -0.05) is 6.08 Å². The van der Waals surface area contributed by atoms with Crippen LogP contribution in [0.4, 0.5) is 5.82 Å². The van der Waals surface area contributed by atoms with Gasteiger partial charge >= 0.3 is 11.7 Å². The van der Waals surface area contributed by atoms with Crippen LogP contribution in [0, 0.1) is 0 Å². The number of nitrogens with one attached hydrogen (secondary N) is 1. The summed E-state index contributed by atoms with van der Waals surface area (Å²) in [4.78, 5) is 44.1. The second kappa shape index (κ2) is 11.9. The van der Waals surface area contributed by atoms with E-state index in [4.69, 9.17) is 32.8 Å². The molecule has 6 atom stereocenters. The van der Waals surface area contributed by atoms with Crippen LogP contribution in [0.3, 0.4) is 0 Å². The molecule has 1 aliphatic heterocycles. The minimum Gasteiger partial charge on any atom is -0.479 e. The van der Waals surface area contributed by atoms with Crippen molar-refractivity contribution in [3.8, 4) is 0 Å². The number of nitrogens with two attached hydrogens (primary N) is 4. The number of rotatable bonds is 11. The molecule has 0 bridgehead atoms. The molecule has 0 aromatic carbocycles. The predicted molar refractivity (Wildman–Crippen MR) is 123 cm³/mol. The topological polar surface area (TPSA) is 308 Å². The number of nitrogens with zero attached hydrogens (tertiary/aromatic N) is 3. The first-order valence-electron chi connectivity index (χ1n) is 10.5. The summed E-state index contributed by atoms with van der Waals surface area (Å²) in [7, 11) is 0. The molecule has 0 fully saturated rings. The molecule has 1 aromatic rings. The number of carbonyl (C=O) groups excluding carboxylic acids is 1. The maximum Gasteiger partial charge on any atom is 0.351 e. The van der Waals surface area contributed by atoms with Crippen LogP contribution in [0.25, 0.3) is 0 Å². The molecule has 36 heavy (non-hydrogen) atoms. The van der Waals surface area contributed by atoms with Gasteiger partial charge in [-0.05, 0) is 6.08 Å². The number of guanidine groups is 1. The third-order valence-corrected chi connectivity index (χ3v) is 5.32. The van der Waals surface area contributed by atoms with Crippen molar-refractivity contribution in [2.24, 2.45) is 22.2 Å². The molecule has 14 N–H and O–H groups in total. The summed E-state index contributed by atoms with van der Waals surface area (Å²) in [5.74, 6) is -3.36. The van der Waals surface area contributed by atoms with Crippen LogP contribution in [0.5, 0.6) is 0 Å². The first-order chi connectivity index (χ1) is 16.8. The highest BCUT2D eigenvalue weighted by molar-refractivity contribution is 5.83. The molecule has 0 spiro atoms. The van der Waals surface area contributed by atoms with Crippen molar-refractivity contribution in [1.82, 2.24) is 14.9 Å². The Labute approximate surface area is 203 Å². The van der Waals surface area contributed by atoms with Crippen LogP contribution in [0.15, 0.2) is 28.1 Å². The highest BCUT2D eigenvalue weighted by atomic mass is 16.5. The Kier molecular flexibility index (Phi) is 9.45. The van der Waals surface area contributed by atoms with Crippen molar-refractivity contribution in [3.05, 3.63) is 34.4 Å². The fourth-order valence-electron chi connectivity index (χ4n) is 3.43. The molecule has 0 unspecified atom stereocenters. The maximum atomic E-state index is 12.4. The van der Waals surface area contributed by atoms with Gasteiger partial charge in [0.2, 0.25) is 5.91 Å². The third kappa shape index (κ3) is 6.53. The first kappa shape index (κ1) is 28.6. The summed E-state index contributed by atoms with van der Waals surface area (Å²) in [5, 5.41) is 52.3. The number of anilines is 1. The van der Waals surface area contributed by atoms with Crippen LogP contribution in [0.2, 0.25) is 0 Å². The smallest absolute Gasteiger partial charge is 0.351 e. The first-order valence-corrected chi connectivity index (χ1v) is 10.5. The molecule has 200 valence electrons. The molecule has 2 heterocycles. The lowest BCUT2D eigenvalue weighted by atomic mass is 9.84. The van der Waals surface area contributed by atoms with Crippen LogP contribution in [0.1, 0.15) is 18.2 Å². The predicted octanol–water partition coefficient (Wildman–Crippen LogP) is -5.58. The molecule has 17 nitrogen and oxygen atoms in total. The summed E-state index contributed by atoms with van der Waals surface area (Å²) in [6.45, 7) is -1.77. The summed E-state index contributed by atoms with van der Waals surface area (Å²) >= 11 is 0. The monoisotopic (exact) mass is 514 g/mol. The molecular formula is C19H30N8O9. The second-order valence-electron chi connectivity index (χ2n) is 8.01. The summed E-state index contributed by atoms with van der Waals surface area (Å²) in [6, 6.07) is -2.73. The van der Waals surface area contributed by atoms with Crippen molar-refractivity contribution >= 4 is 23.7 Å². The number of aliphatic hydroxyl groups is 4. The number of carboxylic acid groups (broad SMARTS) is 1. The largest absolute Gasteiger partial charge is 0.479 e. The molecule has 1 aromatic heterocycles. The Morgan fingerprint density at radius 3 is 2.53 bits per heavy atom. The number of aliphatic hydroxyl groups excluding tert-OH is 3. The van der Waals surface area contributed by atoms with Gasteiger partial charge in [-0.2, -0.15) is 4.98 Å². The number of carboxylic acids is 1. The maximum absolute atomic E-state index is 12.4. The molecule has 17 heteroatoms. The van der Waals surface area contributed by atoms with Gasteiger partial charge in [-0.25, -0.2) is 9.59 Å². The van der Waals surface area contributed by atoms with Gasteiger partial charge in [0.1, 0.15) is 18.0 Å². The number of hydrogen-bond donors (Lipinski definition) is 10. The molecule has 0 saturated carbocycles. The quantitative estimate of drug-likeness (QED) is 0.0748. The Bertz CT molecular complexity index is 1070. The van der Waals surface area contributed by atoms with Gasteiger partial charge in [0, 0.05) is 18.2 Å². The van der Waals surface area contributed by atoms with Gasteiger partial charge in [0.05, 0.1) is 31.9 Å². The molecule has 1 amide bonds. The van der Waals surface area contributed by atoms with E-state index in [1.54, 1.807) is 0 Å². The molecule has 0 radical (unpaired) electrons. The number of hydrogen-bond acceptors (Lipinski definition) is 12. The number of carbonyl (C=O) groups is 2. The lowest BCUT2D eigenvalue weighted by Gasteiger charge is -2.41. The minimum absolute atomic E-state index is 0.0636. The van der Waals surface area contributed by atoms with E-state index in [9.17, 15) is 34.8 Å². The van der Waals surface area contributed by atoms with E-state index >= 15 is 0 Å². The summed E-state index contributed by atoms with van der Waals surface area (Å²) in [5.41, 5.74) is 17.8. The van der Waals surface area contributed by atoms with Gasteiger partial charge in [0.25, 0.3) is 0 Å². The Balaban J connectivity index is 2.52. The number of nitrogen functional groups attached to an aromatic ring is 1. The van der Waals surface area contributed by atoms with Crippen molar-refractivity contribution < 1.29 is 39.9 Å². The second-order valence-corrected chi connectivity index (χ2v) is 8.01.